The third kappa shape index (κ3) is 3.33. The Morgan fingerprint density at radius 1 is 1.44 bits per heavy atom. The highest BCUT2D eigenvalue weighted by molar-refractivity contribution is 5.84. The van der Waals surface area contributed by atoms with Gasteiger partial charge >= 0.3 is 6.09 Å². The summed E-state index contributed by atoms with van der Waals surface area (Å²) in [5.74, 6) is 0.932. The second-order valence-corrected chi connectivity index (χ2v) is 4.08. The highest BCUT2D eigenvalue weighted by atomic mass is 16.6. The highest BCUT2D eigenvalue weighted by Crippen LogP contribution is 2.18. The lowest BCUT2D eigenvalue weighted by atomic mass is 10.4. The molecular formula is C12H17N3O3. The highest BCUT2D eigenvalue weighted by Gasteiger charge is 2.13. The van der Waals surface area contributed by atoms with Crippen molar-refractivity contribution in [2.75, 3.05) is 36.5 Å². The summed E-state index contributed by atoms with van der Waals surface area (Å²) >= 11 is 0. The molecule has 2 heterocycles. The second kappa shape index (κ2) is 6.20. The quantitative estimate of drug-likeness (QED) is 0.841. The van der Waals surface area contributed by atoms with Gasteiger partial charge in [0.15, 0.2) is 0 Å². The van der Waals surface area contributed by atoms with Crippen molar-refractivity contribution in [2.24, 2.45) is 0 Å². The maximum Gasteiger partial charge on any atom is 0.411 e. The van der Waals surface area contributed by atoms with Crippen LogP contribution in [0.15, 0.2) is 18.3 Å². The van der Waals surface area contributed by atoms with Crippen LogP contribution in [0.1, 0.15) is 12.8 Å². The molecule has 1 saturated heterocycles. The molecule has 6 heteroatoms. The van der Waals surface area contributed by atoms with Crippen LogP contribution in [0.5, 0.6) is 0 Å². The summed E-state index contributed by atoms with van der Waals surface area (Å²) < 4.78 is 4.69. The van der Waals surface area contributed by atoms with Crippen LogP contribution in [0.25, 0.3) is 0 Å². The Labute approximate surface area is 106 Å². The number of aliphatic hydroxyl groups excluding tert-OH is 1. The maximum absolute atomic E-state index is 11.2. The lowest BCUT2D eigenvalue weighted by Gasteiger charge is -2.16. The topological polar surface area (TPSA) is 74.7 Å². The molecule has 0 spiro atoms. The first-order valence-electron chi connectivity index (χ1n) is 6.05. The lowest BCUT2D eigenvalue weighted by molar-refractivity contribution is 0.131. The van der Waals surface area contributed by atoms with Crippen LogP contribution < -0.4 is 10.2 Å². The first kappa shape index (κ1) is 12.6. The summed E-state index contributed by atoms with van der Waals surface area (Å²) in [5, 5.41) is 11.1. The summed E-state index contributed by atoms with van der Waals surface area (Å²) in [6.45, 7) is 1.89. The monoisotopic (exact) mass is 251 g/mol. The lowest BCUT2D eigenvalue weighted by Crippen LogP contribution is -2.19. The van der Waals surface area contributed by atoms with Gasteiger partial charge in [-0.15, -0.1) is 0 Å². The number of hydrogen-bond donors (Lipinski definition) is 2. The van der Waals surface area contributed by atoms with Gasteiger partial charge in [-0.1, -0.05) is 0 Å². The predicted molar refractivity (Wildman–Crippen MR) is 67.7 cm³/mol. The summed E-state index contributed by atoms with van der Waals surface area (Å²) in [6, 6.07) is 3.67. The van der Waals surface area contributed by atoms with E-state index < -0.39 is 6.09 Å². The zero-order valence-electron chi connectivity index (χ0n) is 10.1. The largest absolute Gasteiger partial charge is 0.447 e. The van der Waals surface area contributed by atoms with E-state index in [4.69, 9.17) is 5.11 Å². The standard InChI is InChI=1S/C12H17N3O3/c16-7-8-18-12(17)14-10-3-4-11(13-9-10)15-5-1-2-6-15/h3-4,9,16H,1-2,5-8H2,(H,14,17). The smallest absolute Gasteiger partial charge is 0.411 e. The molecule has 1 fully saturated rings. The number of nitrogens with zero attached hydrogens (tertiary/aromatic N) is 2. The molecule has 1 amide bonds. The van der Waals surface area contributed by atoms with Crippen LogP contribution in [0.3, 0.4) is 0 Å². The zero-order chi connectivity index (χ0) is 12.8. The van der Waals surface area contributed by atoms with Crippen molar-refractivity contribution in [3.8, 4) is 0 Å². The second-order valence-electron chi connectivity index (χ2n) is 4.08. The number of anilines is 2. The number of ether oxygens (including phenoxy) is 1. The van der Waals surface area contributed by atoms with Gasteiger partial charge in [0.2, 0.25) is 0 Å². The molecule has 1 aliphatic rings. The van der Waals surface area contributed by atoms with E-state index in [0.717, 1.165) is 18.9 Å². The van der Waals surface area contributed by atoms with Crippen molar-refractivity contribution in [1.29, 1.82) is 0 Å². The Morgan fingerprint density at radius 3 is 2.83 bits per heavy atom. The van der Waals surface area contributed by atoms with E-state index >= 15 is 0 Å². The Morgan fingerprint density at radius 2 is 2.22 bits per heavy atom. The number of carbonyl (C=O) groups excluding carboxylic acids is 1. The van der Waals surface area contributed by atoms with Crippen LogP contribution >= 0.6 is 0 Å². The van der Waals surface area contributed by atoms with E-state index in [-0.39, 0.29) is 13.2 Å². The van der Waals surface area contributed by atoms with Gasteiger partial charge in [-0.2, -0.15) is 0 Å². The number of nitrogens with one attached hydrogen (secondary N) is 1. The van der Waals surface area contributed by atoms with E-state index in [1.165, 1.54) is 12.8 Å². The molecule has 0 aromatic carbocycles. The number of pyridine rings is 1. The first-order valence-corrected chi connectivity index (χ1v) is 6.05. The molecule has 2 N–H and O–H groups in total. The van der Waals surface area contributed by atoms with Gasteiger partial charge in [0, 0.05) is 13.1 Å². The number of carbonyl (C=O) groups is 1. The molecular weight excluding hydrogens is 234 g/mol. The van der Waals surface area contributed by atoms with Crippen molar-refractivity contribution in [3.63, 3.8) is 0 Å². The molecule has 0 radical (unpaired) electrons. The zero-order valence-corrected chi connectivity index (χ0v) is 10.1. The number of hydrogen-bond acceptors (Lipinski definition) is 5. The Kier molecular flexibility index (Phi) is 4.35. The van der Waals surface area contributed by atoms with E-state index in [1.54, 1.807) is 12.3 Å². The van der Waals surface area contributed by atoms with Gasteiger partial charge in [0.05, 0.1) is 18.5 Å². The van der Waals surface area contributed by atoms with Crippen LogP contribution in [-0.4, -0.2) is 42.5 Å². The Balaban J connectivity index is 1.88. The number of rotatable bonds is 4. The van der Waals surface area contributed by atoms with Crippen molar-refractivity contribution in [3.05, 3.63) is 18.3 Å². The van der Waals surface area contributed by atoms with Crippen LogP contribution in [0, 0.1) is 0 Å². The SMILES string of the molecule is O=C(Nc1ccc(N2CCCC2)nc1)OCCO. The van der Waals surface area contributed by atoms with E-state index in [9.17, 15) is 4.79 Å². The maximum atomic E-state index is 11.2. The molecule has 1 aromatic heterocycles. The third-order valence-electron chi connectivity index (χ3n) is 2.75. The van der Waals surface area contributed by atoms with Crippen LogP contribution in [-0.2, 0) is 4.74 Å². The van der Waals surface area contributed by atoms with E-state index in [0.29, 0.717) is 5.69 Å². The summed E-state index contributed by atoms with van der Waals surface area (Å²) in [5.41, 5.74) is 0.584. The molecule has 0 bridgehead atoms. The summed E-state index contributed by atoms with van der Waals surface area (Å²) in [4.78, 5) is 17.7. The molecule has 0 saturated carbocycles. The molecule has 1 aliphatic heterocycles. The molecule has 0 unspecified atom stereocenters. The fraction of sp³-hybridized carbons (Fsp3) is 0.500. The van der Waals surface area contributed by atoms with Gasteiger partial charge in [-0.25, -0.2) is 9.78 Å². The first-order chi connectivity index (χ1) is 8.79. The van der Waals surface area contributed by atoms with Gasteiger partial charge in [0.25, 0.3) is 0 Å². The van der Waals surface area contributed by atoms with Gasteiger partial charge in [0.1, 0.15) is 12.4 Å². The Hall–Kier alpha value is -1.82. The molecule has 0 atom stereocenters. The van der Waals surface area contributed by atoms with Gasteiger partial charge in [-0.3, -0.25) is 5.32 Å². The molecule has 6 nitrogen and oxygen atoms in total. The average Bonchev–Trinajstić information content (AvgIpc) is 2.91. The Bertz CT molecular complexity index is 388. The molecule has 2 rings (SSSR count). The minimum absolute atomic E-state index is 0.00881. The molecule has 0 aliphatic carbocycles. The normalized spacial score (nSPS) is 14.6. The van der Waals surface area contributed by atoms with Crippen molar-refractivity contribution in [2.45, 2.75) is 12.8 Å². The predicted octanol–water partition coefficient (Wildman–Crippen LogP) is 1.22. The minimum Gasteiger partial charge on any atom is -0.447 e. The minimum atomic E-state index is -0.584. The molecule has 18 heavy (non-hydrogen) atoms. The molecule has 1 aromatic rings. The summed E-state index contributed by atoms with van der Waals surface area (Å²) in [7, 11) is 0. The van der Waals surface area contributed by atoms with E-state index in [2.05, 4.69) is 19.9 Å². The summed E-state index contributed by atoms with van der Waals surface area (Å²) in [6.07, 6.45) is 3.43. The number of aromatic nitrogens is 1. The van der Waals surface area contributed by atoms with Crippen LogP contribution in [0.4, 0.5) is 16.3 Å². The third-order valence-corrected chi connectivity index (χ3v) is 2.75. The van der Waals surface area contributed by atoms with Crippen molar-refractivity contribution in [1.82, 2.24) is 4.98 Å². The van der Waals surface area contributed by atoms with Gasteiger partial charge in [-0.05, 0) is 25.0 Å². The molecule has 98 valence electrons. The fourth-order valence-corrected chi connectivity index (χ4v) is 1.89. The van der Waals surface area contributed by atoms with Crippen molar-refractivity contribution >= 4 is 17.6 Å². The van der Waals surface area contributed by atoms with Crippen molar-refractivity contribution < 1.29 is 14.6 Å². The van der Waals surface area contributed by atoms with Gasteiger partial charge < -0.3 is 14.7 Å². The number of amides is 1. The number of aliphatic hydroxyl groups is 1. The van der Waals surface area contributed by atoms with E-state index in [1.807, 2.05) is 6.07 Å². The van der Waals surface area contributed by atoms with Crippen LogP contribution in [0.2, 0.25) is 0 Å². The fourth-order valence-electron chi connectivity index (χ4n) is 1.89. The average molecular weight is 251 g/mol.